The lowest BCUT2D eigenvalue weighted by atomic mass is 9.73. The van der Waals surface area contributed by atoms with Crippen LogP contribution in [0.2, 0.25) is 5.02 Å². The van der Waals surface area contributed by atoms with Crippen LogP contribution in [0.15, 0.2) is 53.3 Å². The van der Waals surface area contributed by atoms with Crippen LogP contribution >= 0.6 is 11.6 Å². The quantitative estimate of drug-likeness (QED) is 0.384. The molecule has 2 aromatic heterocycles. The third-order valence-corrected chi connectivity index (χ3v) is 8.33. The van der Waals surface area contributed by atoms with Crippen molar-refractivity contribution in [3.8, 4) is 5.75 Å². The number of nitrogens with one attached hydrogen (secondary N) is 2. The van der Waals surface area contributed by atoms with Crippen molar-refractivity contribution in [2.75, 3.05) is 24.6 Å². The minimum absolute atomic E-state index is 0.0448. The summed E-state index contributed by atoms with van der Waals surface area (Å²) in [5, 5.41) is 8.46. The minimum atomic E-state index is -0.222. The van der Waals surface area contributed by atoms with Gasteiger partial charge in [0.1, 0.15) is 17.7 Å². The second kappa shape index (κ2) is 7.94. The molecule has 182 valence electrons. The maximum atomic E-state index is 13.3. The number of H-pyrrole nitrogens is 2. The Morgan fingerprint density at radius 2 is 2.00 bits per heavy atom. The summed E-state index contributed by atoms with van der Waals surface area (Å²) in [6.07, 6.45) is 4.82. The maximum absolute atomic E-state index is 13.3. The number of rotatable bonds is 2. The number of halogens is 1. The van der Waals surface area contributed by atoms with Gasteiger partial charge in [0.2, 0.25) is 5.95 Å². The lowest BCUT2D eigenvalue weighted by Crippen LogP contribution is -2.45. The summed E-state index contributed by atoms with van der Waals surface area (Å²) in [4.78, 5) is 23.2. The number of nitrogens with zero attached hydrogens (tertiary/aromatic N) is 3. The number of hydrogen-bond acceptors (Lipinski definition) is 6. The van der Waals surface area contributed by atoms with Crippen LogP contribution in [0, 0.1) is 5.41 Å². The third kappa shape index (κ3) is 3.21. The number of benzene rings is 2. The Morgan fingerprint density at radius 1 is 1.17 bits per heavy atom. The van der Waals surface area contributed by atoms with Gasteiger partial charge in [0.05, 0.1) is 5.69 Å². The van der Waals surface area contributed by atoms with Gasteiger partial charge in [-0.2, -0.15) is 10.1 Å². The molecule has 1 spiro atoms. The van der Waals surface area contributed by atoms with Crippen molar-refractivity contribution in [2.24, 2.45) is 11.1 Å². The predicted molar refractivity (Wildman–Crippen MR) is 139 cm³/mol. The van der Waals surface area contributed by atoms with Crippen molar-refractivity contribution in [1.82, 2.24) is 20.2 Å². The van der Waals surface area contributed by atoms with Gasteiger partial charge in [-0.25, -0.2) is 0 Å². The van der Waals surface area contributed by atoms with Crippen molar-refractivity contribution in [2.45, 2.75) is 25.3 Å². The van der Waals surface area contributed by atoms with Gasteiger partial charge in [0.25, 0.3) is 5.56 Å². The van der Waals surface area contributed by atoms with E-state index in [-0.39, 0.29) is 17.0 Å². The molecule has 0 bridgehead atoms. The fourth-order valence-electron chi connectivity index (χ4n) is 6.13. The fraction of sp³-hybridized carbons (Fsp3) is 0.296. The van der Waals surface area contributed by atoms with E-state index in [0.29, 0.717) is 34.3 Å². The molecule has 4 heterocycles. The molecule has 1 fully saturated rings. The van der Waals surface area contributed by atoms with Crippen molar-refractivity contribution in [1.29, 1.82) is 0 Å². The molecule has 0 amide bonds. The van der Waals surface area contributed by atoms with Crippen LogP contribution in [0.1, 0.15) is 41.3 Å². The van der Waals surface area contributed by atoms with Gasteiger partial charge in [0, 0.05) is 35.3 Å². The van der Waals surface area contributed by atoms with E-state index in [1.807, 2.05) is 18.2 Å². The first-order valence-electron chi connectivity index (χ1n) is 12.2. The molecular formula is C27H25ClN6O2. The number of ether oxygens (including phenoxy) is 1. The lowest BCUT2D eigenvalue weighted by Gasteiger charge is -2.42. The topological polar surface area (TPSA) is 113 Å². The van der Waals surface area contributed by atoms with E-state index in [4.69, 9.17) is 27.1 Å². The standard InChI is InChI=1S/C27H25ClN6O2/c28-16-5-6-20-19(13-16)18(7-12-36-20)22-21-24(33-32-22)30-26(31-25(21)35)34-10-8-27(9-11-34)14-15-3-1-2-4-17(15)23(27)29/h1-7,13,23H,8-12,14,29H2,(H2,30,31,32,33,35)/t23-/m1/s1. The molecule has 8 nitrogen and oxygen atoms in total. The molecule has 2 aromatic carbocycles. The van der Waals surface area contributed by atoms with Crippen molar-refractivity contribution >= 4 is 34.2 Å². The van der Waals surface area contributed by atoms with Crippen LogP contribution in [0.25, 0.3) is 16.6 Å². The van der Waals surface area contributed by atoms with Crippen LogP contribution in [-0.2, 0) is 6.42 Å². The first-order chi connectivity index (χ1) is 17.5. The highest BCUT2D eigenvalue weighted by atomic mass is 35.5. The molecule has 36 heavy (non-hydrogen) atoms. The van der Waals surface area contributed by atoms with Crippen molar-refractivity contribution in [3.63, 3.8) is 0 Å². The number of piperidine rings is 1. The molecule has 7 rings (SSSR count). The second-order valence-electron chi connectivity index (χ2n) is 9.96. The predicted octanol–water partition coefficient (Wildman–Crippen LogP) is 3.97. The molecule has 0 saturated carbocycles. The SMILES string of the molecule is N[C@@H]1c2ccccc2CC12CCN(c1nc3n[nH]c(C4=CCOc5ccc(Cl)cc54)c3c(=O)[nH]1)CC2. The smallest absolute Gasteiger partial charge is 0.264 e. The van der Waals surface area contributed by atoms with E-state index in [9.17, 15) is 4.79 Å². The molecule has 4 aromatic rings. The Balaban J connectivity index is 1.18. The van der Waals surface area contributed by atoms with E-state index >= 15 is 0 Å². The zero-order valence-electron chi connectivity index (χ0n) is 19.6. The number of nitrogens with two attached hydrogens (primary N) is 1. The molecule has 1 aliphatic carbocycles. The summed E-state index contributed by atoms with van der Waals surface area (Å²) >= 11 is 6.24. The van der Waals surface area contributed by atoms with Crippen LogP contribution in [0.3, 0.4) is 0 Å². The number of aromatic amines is 2. The van der Waals surface area contributed by atoms with Crippen LogP contribution < -0.4 is 20.9 Å². The summed E-state index contributed by atoms with van der Waals surface area (Å²) in [5.74, 6) is 1.27. The summed E-state index contributed by atoms with van der Waals surface area (Å²) in [6, 6.07) is 14.0. The third-order valence-electron chi connectivity index (χ3n) is 8.09. The summed E-state index contributed by atoms with van der Waals surface area (Å²) in [7, 11) is 0. The highest BCUT2D eigenvalue weighted by Crippen LogP contribution is 2.50. The Bertz CT molecular complexity index is 1600. The molecule has 3 aliphatic rings. The van der Waals surface area contributed by atoms with E-state index < -0.39 is 0 Å². The highest BCUT2D eigenvalue weighted by Gasteiger charge is 2.46. The van der Waals surface area contributed by atoms with Gasteiger partial charge in [-0.05, 0) is 60.1 Å². The molecular weight excluding hydrogens is 476 g/mol. The molecule has 2 aliphatic heterocycles. The van der Waals surface area contributed by atoms with Gasteiger partial charge in [-0.1, -0.05) is 35.9 Å². The number of fused-ring (bicyclic) bond motifs is 3. The van der Waals surface area contributed by atoms with Gasteiger partial charge in [-0.15, -0.1) is 0 Å². The largest absolute Gasteiger partial charge is 0.489 e. The summed E-state index contributed by atoms with van der Waals surface area (Å²) in [6.45, 7) is 1.96. The molecule has 1 saturated heterocycles. The zero-order valence-corrected chi connectivity index (χ0v) is 20.3. The first kappa shape index (κ1) is 21.6. The van der Waals surface area contributed by atoms with Gasteiger partial charge < -0.3 is 15.4 Å². The van der Waals surface area contributed by atoms with Crippen molar-refractivity contribution < 1.29 is 4.74 Å². The Labute approximate surface area is 212 Å². The fourth-order valence-corrected chi connectivity index (χ4v) is 6.31. The molecule has 9 heteroatoms. The summed E-state index contributed by atoms with van der Waals surface area (Å²) in [5.41, 5.74) is 11.9. The number of aromatic nitrogens is 4. The van der Waals surface area contributed by atoms with Gasteiger partial charge >= 0.3 is 0 Å². The maximum Gasteiger partial charge on any atom is 0.264 e. The van der Waals surface area contributed by atoms with Gasteiger partial charge in [-0.3, -0.25) is 14.9 Å². The zero-order chi connectivity index (χ0) is 24.4. The average Bonchev–Trinajstić information content (AvgIpc) is 3.44. The first-order valence-corrected chi connectivity index (χ1v) is 12.6. The van der Waals surface area contributed by atoms with Crippen molar-refractivity contribution in [3.05, 3.63) is 86.3 Å². The normalized spacial score (nSPS) is 20.2. The molecule has 0 radical (unpaired) electrons. The number of hydrogen-bond donors (Lipinski definition) is 3. The van der Waals surface area contributed by atoms with Crippen LogP contribution in [-0.4, -0.2) is 39.9 Å². The number of anilines is 1. The Morgan fingerprint density at radius 3 is 2.83 bits per heavy atom. The highest BCUT2D eigenvalue weighted by molar-refractivity contribution is 6.30. The second-order valence-corrected chi connectivity index (χ2v) is 10.4. The Hall–Kier alpha value is -3.62. The van der Waals surface area contributed by atoms with Gasteiger partial charge in [0.15, 0.2) is 5.65 Å². The molecule has 4 N–H and O–H groups in total. The molecule has 1 atom stereocenters. The van der Waals surface area contributed by atoms with E-state index in [0.717, 1.165) is 49.2 Å². The van der Waals surface area contributed by atoms with E-state index in [1.54, 1.807) is 6.07 Å². The lowest BCUT2D eigenvalue weighted by molar-refractivity contribution is 0.187. The van der Waals surface area contributed by atoms with Crippen LogP contribution in [0.4, 0.5) is 5.95 Å². The van der Waals surface area contributed by atoms with Crippen LogP contribution in [0.5, 0.6) is 5.75 Å². The van der Waals surface area contributed by atoms with E-state index in [1.165, 1.54) is 11.1 Å². The monoisotopic (exact) mass is 500 g/mol. The average molecular weight is 501 g/mol. The minimum Gasteiger partial charge on any atom is -0.489 e. The summed E-state index contributed by atoms with van der Waals surface area (Å²) < 4.78 is 5.73. The van der Waals surface area contributed by atoms with E-state index in [2.05, 4.69) is 44.3 Å². The Kier molecular flexibility index (Phi) is 4.78. The molecule has 0 unspecified atom stereocenters.